The molecule has 0 amide bonds. The van der Waals surface area contributed by atoms with Crippen LogP contribution in [0.1, 0.15) is 5.69 Å². The zero-order valence-electron chi connectivity index (χ0n) is 11.7. The van der Waals surface area contributed by atoms with Gasteiger partial charge >= 0.3 is 5.97 Å². The van der Waals surface area contributed by atoms with Crippen molar-refractivity contribution in [1.82, 2.24) is 9.55 Å². The molecule has 0 radical (unpaired) electrons. The van der Waals surface area contributed by atoms with Crippen molar-refractivity contribution in [2.75, 3.05) is 7.11 Å². The molecule has 3 aromatic rings. The third-order valence-electron chi connectivity index (χ3n) is 3.46. The molecule has 2 heterocycles. The van der Waals surface area contributed by atoms with E-state index in [4.69, 9.17) is 9.84 Å². The predicted octanol–water partition coefficient (Wildman–Crippen LogP) is 3.01. The van der Waals surface area contributed by atoms with Gasteiger partial charge in [0.15, 0.2) is 0 Å². The van der Waals surface area contributed by atoms with Gasteiger partial charge in [-0.1, -0.05) is 0 Å². The smallest absolute Gasteiger partial charge is 0.323 e. The molecule has 0 saturated heterocycles. The molecule has 0 saturated carbocycles. The van der Waals surface area contributed by atoms with E-state index >= 15 is 0 Å². The number of hydrogen-bond donors (Lipinski definition) is 1. The molecule has 0 aliphatic heterocycles. The van der Waals surface area contributed by atoms with Crippen molar-refractivity contribution in [1.29, 1.82) is 0 Å². The summed E-state index contributed by atoms with van der Waals surface area (Å²) < 4.78 is 7.01. The zero-order valence-corrected chi connectivity index (χ0v) is 12.5. The first-order valence-electron chi connectivity index (χ1n) is 6.25. The number of pyridine rings is 1. The molecule has 0 bridgehead atoms. The summed E-state index contributed by atoms with van der Waals surface area (Å²) in [4.78, 5) is 15.4. The van der Waals surface area contributed by atoms with Crippen LogP contribution in [0, 0.1) is 6.92 Å². The van der Waals surface area contributed by atoms with Gasteiger partial charge in [0.25, 0.3) is 0 Å². The largest absolute Gasteiger partial charge is 0.497 e. The monoisotopic (exact) mass is 306 g/mol. The quantitative estimate of drug-likeness (QED) is 0.808. The lowest BCUT2D eigenvalue weighted by Gasteiger charge is -2.06. The normalized spacial score (nSPS) is 10.6. The summed E-state index contributed by atoms with van der Waals surface area (Å²) in [5.74, 6) is -0.174. The topological polar surface area (TPSA) is 64.4 Å². The number of carboxylic acid groups (broad SMARTS) is 1. The Balaban J connectivity index is 0.00000161. The molecule has 0 spiro atoms. The van der Waals surface area contributed by atoms with E-state index in [2.05, 4.69) is 4.98 Å². The van der Waals surface area contributed by atoms with Crippen molar-refractivity contribution in [2.24, 2.45) is 0 Å². The summed E-state index contributed by atoms with van der Waals surface area (Å²) in [7, 11) is 1.60. The molecular formula is C15H15ClN2O3. The van der Waals surface area contributed by atoms with Crippen LogP contribution in [0.15, 0.2) is 30.5 Å². The van der Waals surface area contributed by atoms with Crippen LogP contribution in [-0.4, -0.2) is 27.7 Å². The number of nitrogens with zero attached hydrogens (tertiary/aromatic N) is 2. The van der Waals surface area contributed by atoms with Gasteiger partial charge in [0.1, 0.15) is 12.3 Å². The highest BCUT2D eigenvalue weighted by atomic mass is 35.5. The number of ether oxygens (including phenoxy) is 1. The standard InChI is InChI=1S/C15H14N2O3.ClH/c1-9-15-12(5-6-16-9)11-4-3-10(20-2)7-13(11)17(15)8-14(18)19;/h3-7H,8H2,1-2H3,(H,18,19);1H. The molecule has 21 heavy (non-hydrogen) atoms. The molecule has 3 rings (SSSR count). The third-order valence-corrected chi connectivity index (χ3v) is 3.46. The fourth-order valence-electron chi connectivity index (χ4n) is 2.63. The highest BCUT2D eigenvalue weighted by Crippen LogP contribution is 2.32. The van der Waals surface area contributed by atoms with E-state index in [0.29, 0.717) is 5.75 Å². The molecule has 0 aliphatic rings. The first-order valence-corrected chi connectivity index (χ1v) is 6.25. The number of fused-ring (bicyclic) bond motifs is 3. The molecule has 0 fully saturated rings. The molecule has 1 aromatic carbocycles. The van der Waals surface area contributed by atoms with Crippen LogP contribution in [-0.2, 0) is 11.3 Å². The number of halogens is 1. The fraction of sp³-hybridized carbons (Fsp3) is 0.200. The second kappa shape index (κ2) is 5.61. The molecule has 1 N–H and O–H groups in total. The number of aromatic nitrogens is 2. The maximum atomic E-state index is 11.1. The Hall–Kier alpha value is -2.27. The van der Waals surface area contributed by atoms with Crippen molar-refractivity contribution >= 4 is 40.2 Å². The molecular weight excluding hydrogens is 292 g/mol. The molecule has 0 unspecified atom stereocenters. The summed E-state index contributed by atoms with van der Waals surface area (Å²) in [6, 6.07) is 7.60. The van der Waals surface area contributed by atoms with Crippen molar-refractivity contribution in [3.63, 3.8) is 0 Å². The highest BCUT2D eigenvalue weighted by Gasteiger charge is 2.15. The van der Waals surface area contributed by atoms with Gasteiger partial charge in [0, 0.05) is 23.0 Å². The number of hydrogen-bond acceptors (Lipinski definition) is 3. The Bertz CT molecular complexity index is 827. The Morgan fingerprint density at radius 2 is 2.10 bits per heavy atom. The van der Waals surface area contributed by atoms with Gasteiger partial charge in [0.05, 0.1) is 23.8 Å². The average molecular weight is 307 g/mol. The van der Waals surface area contributed by atoms with Gasteiger partial charge in [-0.3, -0.25) is 9.78 Å². The summed E-state index contributed by atoms with van der Waals surface area (Å²) in [6.45, 7) is 1.79. The summed E-state index contributed by atoms with van der Waals surface area (Å²) in [6.07, 6.45) is 1.74. The lowest BCUT2D eigenvalue weighted by Crippen LogP contribution is -2.09. The lowest BCUT2D eigenvalue weighted by molar-refractivity contribution is -0.137. The molecule has 0 aliphatic carbocycles. The van der Waals surface area contributed by atoms with E-state index in [1.165, 1.54) is 0 Å². The SMILES string of the molecule is COc1ccc2c3ccnc(C)c3n(CC(=O)O)c2c1.Cl. The Morgan fingerprint density at radius 3 is 2.76 bits per heavy atom. The van der Waals surface area contributed by atoms with Crippen LogP contribution < -0.4 is 4.74 Å². The van der Waals surface area contributed by atoms with Crippen LogP contribution in [0.25, 0.3) is 21.8 Å². The Morgan fingerprint density at radius 1 is 1.33 bits per heavy atom. The van der Waals surface area contributed by atoms with Gasteiger partial charge in [-0.2, -0.15) is 0 Å². The molecule has 110 valence electrons. The van der Waals surface area contributed by atoms with Crippen molar-refractivity contribution < 1.29 is 14.6 Å². The molecule has 0 atom stereocenters. The first kappa shape index (κ1) is 15.1. The Kier molecular flexibility index (Phi) is 4.04. The minimum atomic E-state index is -0.880. The van der Waals surface area contributed by atoms with Crippen LogP contribution in [0.4, 0.5) is 0 Å². The molecule has 5 nitrogen and oxygen atoms in total. The second-order valence-electron chi connectivity index (χ2n) is 4.66. The fourth-order valence-corrected chi connectivity index (χ4v) is 2.63. The van der Waals surface area contributed by atoms with Crippen LogP contribution in [0.3, 0.4) is 0 Å². The predicted molar refractivity (Wildman–Crippen MR) is 83.4 cm³/mol. The lowest BCUT2D eigenvalue weighted by atomic mass is 10.1. The van der Waals surface area contributed by atoms with Gasteiger partial charge in [-0.15, -0.1) is 12.4 Å². The molecule has 2 aromatic heterocycles. The van der Waals surface area contributed by atoms with Crippen molar-refractivity contribution in [2.45, 2.75) is 13.5 Å². The number of aliphatic carboxylic acids is 1. The number of benzene rings is 1. The summed E-state index contributed by atoms with van der Waals surface area (Å²) >= 11 is 0. The van der Waals surface area contributed by atoms with E-state index in [0.717, 1.165) is 27.5 Å². The summed E-state index contributed by atoms with van der Waals surface area (Å²) in [5.41, 5.74) is 2.52. The van der Waals surface area contributed by atoms with Gasteiger partial charge in [-0.25, -0.2) is 0 Å². The number of methoxy groups -OCH3 is 1. The van der Waals surface area contributed by atoms with E-state index in [1.54, 1.807) is 17.9 Å². The second-order valence-corrected chi connectivity index (χ2v) is 4.66. The average Bonchev–Trinajstić information content (AvgIpc) is 2.73. The van der Waals surface area contributed by atoms with Crippen LogP contribution in [0.2, 0.25) is 0 Å². The first-order chi connectivity index (χ1) is 9.61. The van der Waals surface area contributed by atoms with Gasteiger partial charge < -0.3 is 14.4 Å². The molecule has 6 heteroatoms. The number of carboxylic acids is 1. The van der Waals surface area contributed by atoms with Gasteiger partial charge in [0.2, 0.25) is 0 Å². The highest BCUT2D eigenvalue weighted by molar-refractivity contribution is 6.09. The third kappa shape index (κ3) is 2.40. The summed E-state index contributed by atoms with van der Waals surface area (Å²) in [5, 5.41) is 11.2. The van der Waals surface area contributed by atoms with E-state index in [9.17, 15) is 4.79 Å². The van der Waals surface area contributed by atoms with E-state index in [-0.39, 0.29) is 19.0 Å². The number of carbonyl (C=O) groups is 1. The van der Waals surface area contributed by atoms with Crippen LogP contribution in [0.5, 0.6) is 5.75 Å². The minimum Gasteiger partial charge on any atom is -0.497 e. The van der Waals surface area contributed by atoms with Crippen molar-refractivity contribution in [3.8, 4) is 5.75 Å². The zero-order chi connectivity index (χ0) is 14.3. The van der Waals surface area contributed by atoms with E-state index in [1.807, 2.05) is 31.2 Å². The number of rotatable bonds is 3. The van der Waals surface area contributed by atoms with Gasteiger partial charge in [-0.05, 0) is 25.1 Å². The van der Waals surface area contributed by atoms with Crippen molar-refractivity contribution in [3.05, 3.63) is 36.2 Å². The maximum absolute atomic E-state index is 11.1. The van der Waals surface area contributed by atoms with Crippen LogP contribution >= 0.6 is 12.4 Å². The Labute approximate surface area is 127 Å². The maximum Gasteiger partial charge on any atom is 0.323 e. The number of aryl methyl sites for hydroxylation is 1. The van der Waals surface area contributed by atoms with E-state index < -0.39 is 5.97 Å². The minimum absolute atomic E-state index is 0.